The van der Waals surface area contributed by atoms with Crippen molar-refractivity contribution in [2.75, 3.05) is 0 Å². The molecule has 4 heterocycles. The van der Waals surface area contributed by atoms with Crippen molar-refractivity contribution in [2.45, 2.75) is 46.2 Å². The molecule has 0 spiro atoms. The summed E-state index contributed by atoms with van der Waals surface area (Å²) in [5.41, 5.74) is 4.56. The van der Waals surface area contributed by atoms with E-state index < -0.39 is 0 Å². The first-order chi connectivity index (χ1) is 17.1. The second-order valence-electron chi connectivity index (χ2n) is 8.80. The highest BCUT2D eigenvalue weighted by Gasteiger charge is 2.17. The van der Waals surface area contributed by atoms with Crippen molar-refractivity contribution >= 4 is 0 Å². The molecule has 0 saturated heterocycles. The first kappa shape index (κ1) is 22.5. The molecule has 178 valence electrons. The summed E-state index contributed by atoms with van der Waals surface area (Å²) in [7, 11) is 0. The van der Waals surface area contributed by atoms with E-state index in [0.29, 0.717) is 12.4 Å². The van der Waals surface area contributed by atoms with E-state index in [1.54, 1.807) is 4.57 Å². The summed E-state index contributed by atoms with van der Waals surface area (Å²) in [4.78, 5) is 18.2. The Morgan fingerprint density at radius 2 is 1.86 bits per heavy atom. The quantitative estimate of drug-likeness (QED) is 0.367. The Kier molecular flexibility index (Phi) is 6.13. The van der Waals surface area contributed by atoms with Gasteiger partial charge in [-0.25, -0.2) is 4.79 Å². The van der Waals surface area contributed by atoms with Crippen LogP contribution in [0.4, 0.5) is 0 Å². The third-order valence-electron chi connectivity index (χ3n) is 6.10. The molecule has 5 aromatic rings. The Morgan fingerprint density at radius 3 is 2.54 bits per heavy atom. The SMILES string of the molecule is CCCc1cn(-c2cccn2C(C)C)c(=O)n1Cc1ccc(-c2ccccc2-c2nn[nH]n2)cn1. The number of hydrogen-bond acceptors (Lipinski definition) is 5. The number of hydrogen-bond donors (Lipinski definition) is 1. The molecule has 0 bridgehead atoms. The molecule has 0 amide bonds. The van der Waals surface area contributed by atoms with Gasteiger partial charge in [0, 0.05) is 41.5 Å². The van der Waals surface area contributed by atoms with Crippen LogP contribution in [-0.2, 0) is 13.0 Å². The van der Waals surface area contributed by atoms with Crippen LogP contribution in [-0.4, -0.2) is 39.3 Å². The molecule has 35 heavy (non-hydrogen) atoms. The normalized spacial score (nSPS) is 11.4. The number of aromatic amines is 1. The van der Waals surface area contributed by atoms with E-state index in [-0.39, 0.29) is 11.7 Å². The maximum atomic E-state index is 13.5. The number of aryl methyl sites for hydroxylation is 1. The van der Waals surface area contributed by atoms with Gasteiger partial charge in [-0.15, -0.1) is 10.2 Å². The van der Waals surface area contributed by atoms with E-state index in [9.17, 15) is 4.79 Å². The van der Waals surface area contributed by atoms with Gasteiger partial charge in [-0.1, -0.05) is 43.7 Å². The van der Waals surface area contributed by atoms with Crippen molar-refractivity contribution < 1.29 is 0 Å². The molecule has 0 aliphatic carbocycles. The first-order valence-electron chi connectivity index (χ1n) is 11.8. The largest absolute Gasteiger partial charge is 0.334 e. The van der Waals surface area contributed by atoms with Gasteiger partial charge in [0.05, 0.1) is 12.2 Å². The zero-order valence-electron chi connectivity index (χ0n) is 20.1. The van der Waals surface area contributed by atoms with Crippen LogP contribution in [0.15, 0.2) is 71.9 Å². The second kappa shape index (κ2) is 9.54. The summed E-state index contributed by atoms with van der Waals surface area (Å²) in [6.07, 6.45) is 7.58. The lowest BCUT2D eigenvalue weighted by atomic mass is 10.0. The number of nitrogens with zero attached hydrogens (tertiary/aromatic N) is 7. The second-order valence-corrected chi connectivity index (χ2v) is 8.80. The van der Waals surface area contributed by atoms with Crippen molar-refractivity contribution in [2.24, 2.45) is 0 Å². The maximum Gasteiger partial charge on any atom is 0.334 e. The Bertz CT molecular complexity index is 1470. The van der Waals surface area contributed by atoms with E-state index in [1.807, 2.05) is 71.7 Å². The van der Waals surface area contributed by atoms with Crippen molar-refractivity contribution in [3.63, 3.8) is 0 Å². The number of tetrazole rings is 1. The Balaban J connectivity index is 1.47. The molecule has 9 nitrogen and oxygen atoms in total. The number of nitrogens with one attached hydrogen (secondary N) is 1. The van der Waals surface area contributed by atoms with Gasteiger partial charge in [0.15, 0.2) is 0 Å². The Labute approximate surface area is 203 Å². The number of pyridine rings is 1. The summed E-state index contributed by atoms with van der Waals surface area (Å²) in [6.45, 7) is 6.76. The molecule has 1 aromatic carbocycles. The molecule has 5 rings (SSSR count). The van der Waals surface area contributed by atoms with Gasteiger partial charge in [0.25, 0.3) is 0 Å². The lowest BCUT2D eigenvalue weighted by molar-refractivity contribution is 0.583. The number of imidazole rings is 1. The molecule has 9 heteroatoms. The standard InChI is InChI=1S/C26H28N8O/c1-4-8-21-17-34(24-11-7-14-32(24)18(2)3)26(35)33(21)16-20-13-12-19(15-27-20)22-9-5-6-10-23(22)25-28-30-31-29-25/h5-7,9-15,17-18H,4,8,16H2,1-3H3,(H,28,29,30,31). The number of aromatic nitrogens is 8. The van der Waals surface area contributed by atoms with Gasteiger partial charge in [0.1, 0.15) is 5.82 Å². The van der Waals surface area contributed by atoms with Crippen LogP contribution >= 0.6 is 0 Å². The molecule has 0 fully saturated rings. The van der Waals surface area contributed by atoms with E-state index in [0.717, 1.165) is 46.7 Å². The summed E-state index contributed by atoms with van der Waals surface area (Å²) in [5.74, 6) is 1.41. The molecular formula is C26H28N8O. The first-order valence-corrected chi connectivity index (χ1v) is 11.8. The van der Waals surface area contributed by atoms with Crippen LogP contribution in [0.3, 0.4) is 0 Å². The van der Waals surface area contributed by atoms with Gasteiger partial charge >= 0.3 is 5.69 Å². The van der Waals surface area contributed by atoms with Crippen molar-refractivity contribution in [3.05, 3.63) is 89.0 Å². The lowest BCUT2D eigenvalue weighted by Gasteiger charge is -2.12. The van der Waals surface area contributed by atoms with E-state index in [2.05, 4.69) is 46.0 Å². The Morgan fingerprint density at radius 1 is 1.03 bits per heavy atom. The monoisotopic (exact) mass is 468 g/mol. The van der Waals surface area contributed by atoms with E-state index >= 15 is 0 Å². The summed E-state index contributed by atoms with van der Waals surface area (Å²) >= 11 is 0. The molecule has 0 saturated carbocycles. The third-order valence-corrected chi connectivity index (χ3v) is 6.10. The molecular weight excluding hydrogens is 440 g/mol. The molecule has 1 N–H and O–H groups in total. The van der Waals surface area contributed by atoms with Crippen molar-refractivity contribution in [1.29, 1.82) is 0 Å². The summed E-state index contributed by atoms with van der Waals surface area (Å²) in [5, 5.41) is 14.4. The average molecular weight is 469 g/mol. The predicted octanol–water partition coefficient (Wildman–Crippen LogP) is 4.26. The highest BCUT2D eigenvalue weighted by atomic mass is 16.1. The molecule has 0 unspecified atom stereocenters. The van der Waals surface area contributed by atoms with Crippen LogP contribution in [0.2, 0.25) is 0 Å². The molecule has 0 atom stereocenters. The van der Waals surface area contributed by atoms with Gasteiger partial charge in [-0.3, -0.25) is 14.1 Å². The topological polar surface area (TPSA) is 99.2 Å². The van der Waals surface area contributed by atoms with E-state index in [4.69, 9.17) is 4.98 Å². The highest BCUT2D eigenvalue weighted by molar-refractivity contribution is 5.79. The van der Waals surface area contributed by atoms with Crippen LogP contribution in [0.1, 0.15) is 44.6 Å². The van der Waals surface area contributed by atoms with Gasteiger partial charge in [-0.05, 0) is 49.2 Å². The van der Waals surface area contributed by atoms with E-state index in [1.165, 1.54) is 0 Å². The van der Waals surface area contributed by atoms with Gasteiger partial charge in [-0.2, -0.15) is 5.21 Å². The fraction of sp³-hybridized carbons (Fsp3) is 0.269. The maximum absolute atomic E-state index is 13.5. The highest BCUT2D eigenvalue weighted by Crippen LogP contribution is 2.29. The lowest BCUT2D eigenvalue weighted by Crippen LogP contribution is -2.26. The molecule has 0 aliphatic rings. The number of benzene rings is 1. The molecule has 0 aliphatic heterocycles. The van der Waals surface area contributed by atoms with Crippen LogP contribution in [0.25, 0.3) is 28.3 Å². The molecule has 0 radical (unpaired) electrons. The minimum Gasteiger partial charge on any atom is -0.332 e. The van der Waals surface area contributed by atoms with Gasteiger partial charge in [0.2, 0.25) is 5.82 Å². The summed E-state index contributed by atoms with van der Waals surface area (Å²) in [6, 6.07) is 16.1. The molecule has 4 aromatic heterocycles. The number of H-pyrrole nitrogens is 1. The minimum atomic E-state index is -0.0534. The van der Waals surface area contributed by atoms with Crippen molar-refractivity contribution in [3.8, 4) is 28.3 Å². The zero-order valence-corrected chi connectivity index (χ0v) is 20.1. The van der Waals surface area contributed by atoms with Crippen LogP contribution in [0, 0.1) is 0 Å². The zero-order chi connectivity index (χ0) is 24.4. The Hall–Kier alpha value is -4.27. The predicted molar refractivity (Wildman–Crippen MR) is 134 cm³/mol. The number of rotatable bonds is 8. The van der Waals surface area contributed by atoms with Crippen LogP contribution in [0.5, 0.6) is 0 Å². The van der Waals surface area contributed by atoms with Crippen LogP contribution < -0.4 is 5.69 Å². The fourth-order valence-electron chi connectivity index (χ4n) is 4.39. The third kappa shape index (κ3) is 4.32. The average Bonchev–Trinajstić information content (AvgIpc) is 3.62. The summed E-state index contributed by atoms with van der Waals surface area (Å²) < 4.78 is 5.69. The fourth-order valence-corrected chi connectivity index (χ4v) is 4.39. The van der Waals surface area contributed by atoms with Crippen molar-refractivity contribution in [1.82, 2.24) is 39.3 Å². The smallest absolute Gasteiger partial charge is 0.332 e. The minimum absolute atomic E-state index is 0.0534. The van der Waals surface area contributed by atoms with Gasteiger partial charge < -0.3 is 4.57 Å².